The van der Waals surface area contributed by atoms with E-state index in [9.17, 15) is 15.0 Å². The van der Waals surface area contributed by atoms with E-state index in [0.717, 1.165) is 22.3 Å². The fraction of sp³-hybridized carbons (Fsp3) is 0.278. The first kappa shape index (κ1) is 15.3. The summed E-state index contributed by atoms with van der Waals surface area (Å²) < 4.78 is 0. The fourth-order valence-corrected chi connectivity index (χ4v) is 2.81. The standard InChI is InChI=1S/C18H20O3/c1-11-10-12(2)14(4)16(13(11)3)18(21,17(19)20)15-8-6-5-7-9-15/h5-10,21H,1-4H3,(H,19,20)/t18-/m0/s1. The van der Waals surface area contributed by atoms with Gasteiger partial charge in [-0.2, -0.15) is 0 Å². The summed E-state index contributed by atoms with van der Waals surface area (Å²) in [5.41, 5.74) is 2.38. The van der Waals surface area contributed by atoms with Crippen LogP contribution in [0.4, 0.5) is 0 Å². The van der Waals surface area contributed by atoms with E-state index in [0.29, 0.717) is 11.1 Å². The maximum absolute atomic E-state index is 11.9. The van der Waals surface area contributed by atoms with Crippen molar-refractivity contribution in [1.82, 2.24) is 0 Å². The highest BCUT2D eigenvalue weighted by Crippen LogP contribution is 2.36. The van der Waals surface area contributed by atoms with Gasteiger partial charge in [0.1, 0.15) is 0 Å². The first-order valence-electron chi connectivity index (χ1n) is 6.89. The second-order valence-corrected chi connectivity index (χ2v) is 5.52. The van der Waals surface area contributed by atoms with Gasteiger partial charge in [-0.15, -0.1) is 0 Å². The molecule has 2 N–H and O–H groups in total. The summed E-state index contributed by atoms with van der Waals surface area (Å²) in [6.45, 7) is 7.57. The van der Waals surface area contributed by atoms with Crippen LogP contribution in [-0.4, -0.2) is 16.2 Å². The van der Waals surface area contributed by atoms with E-state index in [1.807, 2.05) is 33.8 Å². The molecule has 2 aromatic rings. The number of carboxylic acids is 1. The molecule has 0 fully saturated rings. The molecule has 0 aliphatic carbocycles. The van der Waals surface area contributed by atoms with Crippen LogP contribution in [0, 0.1) is 27.7 Å². The molecule has 3 nitrogen and oxygen atoms in total. The zero-order chi connectivity index (χ0) is 15.8. The minimum atomic E-state index is -2.04. The molecule has 2 rings (SSSR count). The summed E-state index contributed by atoms with van der Waals surface area (Å²) >= 11 is 0. The summed E-state index contributed by atoms with van der Waals surface area (Å²) in [5.74, 6) is -1.26. The maximum atomic E-state index is 11.9. The van der Waals surface area contributed by atoms with Crippen LogP contribution < -0.4 is 0 Å². The molecule has 0 spiro atoms. The monoisotopic (exact) mass is 284 g/mol. The summed E-state index contributed by atoms with van der Waals surface area (Å²) in [4.78, 5) is 11.9. The van der Waals surface area contributed by atoms with Crippen LogP contribution in [0.1, 0.15) is 33.4 Å². The zero-order valence-corrected chi connectivity index (χ0v) is 12.8. The van der Waals surface area contributed by atoms with Crippen molar-refractivity contribution < 1.29 is 15.0 Å². The van der Waals surface area contributed by atoms with E-state index in [4.69, 9.17) is 0 Å². The van der Waals surface area contributed by atoms with Gasteiger partial charge in [-0.05, 0) is 55.5 Å². The van der Waals surface area contributed by atoms with E-state index in [1.165, 1.54) is 0 Å². The first-order valence-corrected chi connectivity index (χ1v) is 6.89. The summed E-state index contributed by atoms with van der Waals surface area (Å²) in [6.07, 6.45) is 0. The Kier molecular flexibility index (Phi) is 3.88. The van der Waals surface area contributed by atoms with Gasteiger partial charge in [0.25, 0.3) is 0 Å². The topological polar surface area (TPSA) is 57.5 Å². The molecule has 1 atom stereocenters. The molecular formula is C18H20O3. The molecule has 0 aliphatic heterocycles. The molecule has 0 heterocycles. The average molecular weight is 284 g/mol. The molecule has 0 radical (unpaired) electrons. The predicted molar refractivity (Wildman–Crippen MR) is 82.5 cm³/mol. The van der Waals surface area contributed by atoms with Gasteiger partial charge in [0.2, 0.25) is 5.60 Å². The number of aliphatic carboxylic acids is 1. The van der Waals surface area contributed by atoms with E-state index < -0.39 is 11.6 Å². The minimum Gasteiger partial charge on any atom is -0.479 e. The SMILES string of the molecule is Cc1cc(C)c(C)c([C@](O)(C(=O)O)c2ccccc2)c1C. The van der Waals surface area contributed by atoms with Crippen molar-refractivity contribution in [3.63, 3.8) is 0 Å². The fourth-order valence-electron chi connectivity index (χ4n) is 2.81. The number of carboxylic acid groups (broad SMARTS) is 1. The van der Waals surface area contributed by atoms with Crippen LogP contribution in [-0.2, 0) is 10.4 Å². The van der Waals surface area contributed by atoms with E-state index in [-0.39, 0.29) is 0 Å². The first-order chi connectivity index (χ1) is 9.80. The number of hydrogen-bond acceptors (Lipinski definition) is 2. The quantitative estimate of drug-likeness (QED) is 0.909. The lowest BCUT2D eigenvalue weighted by molar-refractivity contribution is -0.155. The van der Waals surface area contributed by atoms with Crippen LogP contribution in [0.25, 0.3) is 0 Å². The third-order valence-corrected chi connectivity index (χ3v) is 4.23. The lowest BCUT2D eigenvalue weighted by Crippen LogP contribution is -2.38. The van der Waals surface area contributed by atoms with Gasteiger partial charge >= 0.3 is 5.97 Å². The Hall–Kier alpha value is -2.13. The number of aryl methyl sites for hydroxylation is 2. The Morgan fingerprint density at radius 3 is 1.86 bits per heavy atom. The van der Waals surface area contributed by atoms with E-state index in [1.54, 1.807) is 30.3 Å². The highest BCUT2D eigenvalue weighted by molar-refractivity contribution is 5.85. The van der Waals surface area contributed by atoms with Crippen LogP contribution in [0.2, 0.25) is 0 Å². The van der Waals surface area contributed by atoms with Crippen LogP contribution in [0.3, 0.4) is 0 Å². The molecule has 21 heavy (non-hydrogen) atoms. The molecule has 2 aromatic carbocycles. The molecule has 0 amide bonds. The van der Waals surface area contributed by atoms with Crippen LogP contribution >= 0.6 is 0 Å². The van der Waals surface area contributed by atoms with Gasteiger partial charge in [-0.25, -0.2) is 4.79 Å². The van der Waals surface area contributed by atoms with E-state index >= 15 is 0 Å². The van der Waals surface area contributed by atoms with Gasteiger partial charge < -0.3 is 10.2 Å². The molecule has 0 aromatic heterocycles. The molecule has 0 unspecified atom stereocenters. The minimum absolute atomic E-state index is 0.369. The third kappa shape index (κ3) is 2.34. The second-order valence-electron chi connectivity index (χ2n) is 5.52. The molecule has 3 heteroatoms. The van der Waals surface area contributed by atoms with E-state index in [2.05, 4.69) is 0 Å². The van der Waals surface area contributed by atoms with Crippen LogP contribution in [0.5, 0.6) is 0 Å². The highest BCUT2D eigenvalue weighted by Gasteiger charge is 2.42. The second kappa shape index (κ2) is 5.34. The molecule has 0 bridgehead atoms. The van der Waals surface area contributed by atoms with Gasteiger partial charge in [0.05, 0.1) is 0 Å². The Labute approximate surface area is 124 Å². The predicted octanol–water partition coefficient (Wildman–Crippen LogP) is 3.24. The molecule has 110 valence electrons. The van der Waals surface area contributed by atoms with Gasteiger partial charge in [-0.1, -0.05) is 36.4 Å². The normalized spacial score (nSPS) is 13.8. The average Bonchev–Trinajstić information content (AvgIpc) is 2.46. The maximum Gasteiger partial charge on any atom is 0.345 e. The number of rotatable bonds is 3. The Morgan fingerprint density at radius 1 is 0.952 bits per heavy atom. The number of hydrogen-bond donors (Lipinski definition) is 2. The van der Waals surface area contributed by atoms with Crippen molar-refractivity contribution in [1.29, 1.82) is 0 Å². The highest BCUT2D eigenvalue weighted by atomic mass is 16.4. The Balaban J connectivity index is 2.86. The summed E-state index contributed by atoms with van der Waals surface area (Å²) in [6, 6.07) is 10.6. The molecular weight excluding hydrogens is 264 g/mol. The van der Waals surface area contributed by atoms with Gasteiger partial charge in [0.15, 0.2) is 0 Å². The smallest absolute Gasteiger partial charge is 0.345 e. The molecule has 0 aliphatic rings. The van der Waals surface area contributed by atoms with Crippen molar-refractivity contribution in [2.45, 2.75) is 33.3 Å². The summed E-state index contributed by atoms with van der Waals surface area (Å²) in [7, 11) is 0. The lowest BCUT2D eigenvalue weighted by atomic mass is 9.79. The van der Waals surface area contributed by atoms with Crippen molar-refractivity contribution in [3.8, 4) is 0 Å². The van der Waals surface area contributed by atoms with Crippen molar-refractivity contribution in [2.75, 3.05) is 0 Å². The Morgan fingerprint density at radius 2 is 1.43 bits per heavy atom. The van der Waals surface area contributed by atoms with Crippen molar-refractivity contribution in [2.24, 2.45) is 0 Å². The van der Waals surface area contributed by atoms with Crippen molar-refractivity contribution in [3.05, 3.63) is 69.8 Å². The molecule has 0 saturated carbocycles. The largest absolute Gasteiger partial charge is 0.479 e. The Bertz CT molecular complexity index is 663. The third-order valence-electron chi connectivity index (χ3n) is 4.23. The summed E-state index contributed by atoms with van der Waals surface area (Å²) in [5, 5.41) is 20.8. The lowest BCUT2D eigenvalue weighted by Gasteiger charge is -2.29. The van der Waals surface area contributed by atoms with Gasteiger partial charge in [0, 0.05) is 5.56 Å². The number of carbonyl (C=O) groups is 1. The van der Waals surface area contributed by atoms with Crippen molar-refractivity contribution >= 4 is 5.97 Å². The molecule has 0 saturated heterocycles. The van der Waals surface area contributed by atoms with Gasteiger partial charge in [-0.3, -0.25) is 0 Å². The zero-order valence-electron chi connectivity index (χ0n) is 12.8. The van der Waals surface area contributed by atoms with Crippen LogP contribution in [0.15, 0.2) is 36.4 Å². The number of aliphatic hydroxyl groups is 1. The number of benzene rings is 2.